The molecule has 15 heavy (non-hydrogen) atoms. The monoisotopic (exact) mass is 269 g/mol. The van der Waals surface area contributed by atoms with Crippen molar-refractivity contribution in [3.8, 4) is 0 Å². The summed E-state index contributed by atoms with van der Waals surface area (Å²) < 4.78 is 7.25. The van der Waals surface area contributed by atoms with Gasteiger partial charge in [-0.05, 0) is 22.9 Å². The Bertz CT molecular complexity index is 509. The van der Waals surface area contributed by atoms with Crippen molar-refractivity contribution in [3.63, 3.8) is 0 Å². The van der Waals surface area contributed by atoms with Gasteiger partial charge in [0.2, 0.25) is 0 Å². The molecule has 0 N–H and O–H groups in total. The number of hydrogen-bond donors (Lipinski definition) is 0. The molecule has 0 aliphatic rings. The fourth-order valence-electron chi connectivity index (χ4n) is 1.19. The van der Waals surface area contributed by atoms with Crippen molar-refractivity contribution in [2.45, 2.75) is 6.92 Å². The first-order chi connectivity index (χ1) is 7.22. The summed E-state index contributed by atoms with van der Waals surface area (Å²) in [7, 11) is 0. The van der Waals surface area contributed by atoms with E-state index in [9.17, 15) is 4.79 Å². The van der Waals surface area contributed by atoms with Crippen LogP contribution in [0.25, 0.3) is 5.65 Å². The zero-order chi connectivity index (χ0) is 10.8. The maximum absolute atomic E-state index is 11.4. The molecule has 2 rings (SSSR count). The molecule has 0 aliphatic heterocycles. The van der Waals surface area contributed by atoms with E-state index in [-0.39, 0.29) is 5.69 Å². The lowest BCUT2D eigenvalue weighted by Gasteiger charge is -1.95. The molecule has 6 heteroatoms. The van der Waals surface area contributed by atoms with Gasteiger partial charge in [0.1, 0.15) is 6.33 Å². The van der Waals surface area contributed by atoms with Gasteiger partial charge in [0, 0.05) is 12.4 Å². The van der Waals surface area contributed by atoms with Crippen LogP contribution in [0.5, 0.6) is 0 Å². The lowest BCUT2D eigenvalue weighted by atomic mass is 10.5. The largest absolute Gasteiger partial charge is 0.461 e. The molecule has 0 aliphatic carbocycles. The highest BCUT2D eigenvalue weighted by atomic mass is 79.9. The summed E-state index contributed by atoms with van der Waals surface area (Å²) >= 11 is 3.30. The van der Waals surface area contributed by atoms with Crippen LogP contribution in [0.4, 0.5) is 0 Å². The fraction of sp³-hybridized carbons (Fsp3) is 0.222. The number of halogens is 1. The van der Waals surface area contributed by atoms with Crippen molar-refractivity contribution in [1.82, 2.24) is 14.4 Å². The molecule has 0 spiro atoms. The standard InChI is InChI=1S/C9H8BrN3O2/c1-2-15-9(14)7-4-13-5-11-3-6(10)8(13)12-7/h3-5H,2H2,1H3. The average molecular weight is 270 g/mol. The highest BCUT2D eigenvalue weighted by molar-refractivity contribution is 9.10. The van der Waals surface area contributed by atoms with Crippen LogP contribution in [0, 0.1) is 0 Å². The molecule has 0 saturated heterocycles. The molecule has 5 nitrogen and oxygen atoms in total. The second-order valence-electron chi connectivity index (χ2n) is 2.82. The van der Waals surface area contributed by atoms with Gasteiger partial charge in [0.25, 0.3) is 0 Å². The smallest absolute Gasteiger partial charge is 0.358 e. The molecular weight excluding hydrogens is 262 g/mol. The van der Waals surface area contributed by atoms with Crippen LogP contribution in [-0.2, 0) is 4.74 Å². The maximum Gasteiger partial charge on any atom is 0.358 e. The van der Waals surface area contributed by atoms with Gasteiger partial charge in [0.15, 0.2) is 11.3 Å². The second kappa shape index (κ2) is 3.98. The van der Waals surface area contributed by atoms with Gasteiger partial charge in [-0.2, -0.15) is 0 Å². The zero-order valence-electron chi connectivity index (χ0n) is 7.98. The van der Waals surface area contributed by atoms with Gasteiger partial charge in [0.05, 0.1) is 11.1 Å². The quantitative estimate of drug-likeness (QED) is 0.779. The lowest BCUT2D eigenvalue weighted by molar-refractivity contribution is 0.0520. The highest BCUT2D eigenvalue weighted by Gasteiger charge is 2.12. The summed E-state index contributed by atoms with van der Waals surface area (Å²) in [5.74, 6) is -0.423. The van der Waals surface area contributed by atoms with Crippen molar-refractivity contribution in [1.29, 1.82) is 0 Å². The van der Waals surface area contributed by atoms with Crippen LogP contribution in [0.3, 0.4) is 0 Å². The van der Waals surface area contributed by atoms with E-state index in [2.05, 4.69) is 25.9 Å². The van der Waals surface area contributed by atoms with Gasteiger partial charge in [-0.3, -0.25) is 4.40 Å². The number of imidazole rings is 1. The van der Waals surface area contributed by atoms with E-state index in [1.807, 2.05) is 0 Å². The van der Waals surface area contributed by atoms with Gasteiger partial charge in [-0.15, -0.1) is 0 Å². The molecule has 0 unspecified atom stereocenters. The lowest BCUT2D eigenvalue weighted by Crippen LogP contribution is -2.04. The third-order valence-corrected chi connectivity index (χ3v) is 2.37. The van der Waals surface area contributed by atoms with Crippen molar-refractivity contribution in [2.24, 2.45) is 0 Å². The first-order valence-electron chi connectivity index (χ1n) is 4.37. The van der Waals surface area contributed by atoms with Crippen molar-refractivity contribution in [3.05, 3.63) is 28.9 Å². The van der Waals surface area contributed by atoms with Crippen LogP contribution >= 0.6 is 15.9 Å². The first kappa shape index (κ1) is 10.1. The topological polar surface area (TPSA) is 56.5 Å². The van der Waals surface area contributed by atoms with E-state index in [4.69, 9.17) is 4.74 Å². The fourth-order valence-corrected chi connectivity index (χ4v) is 1.60. The third-order valence-electron chi connectivity index (χ3n) is 1.81. The van der Waals surface area contributed by atoms with Crippen LogP contribution in [0.2, 0.25) is 0 Å². The molecule has 0 fully saturated rings. The van der Waals surface area contributed by atoms with E-state index in [1.165, 1.54) is 0 Å². The summed E-state index contributed by atoms with van der Waals surface area (Å²) in [6, 6.07) is 0. The minimum atomic E-state index is -0.423. The number of ether oxygens (including phenoxy) is 1. The third kappa shape index (κ3) is 1.85. The van der Waals surface area contributed by atoms with Crippen LogP contribution < -0.4 is 0 Å². The summed E-state index contributed by atoms with van der Waals surface area (Å²) in [4.78, 5) is 19.5. The minimum absolute atomic E-state index is 0.283. The summed E-state index contributed by atoms with van der Waals surface area (Å²) in [5, 5.41) is 0. The predicted molar refractivity (Wildman–Crippen MR) is 56.6 cm³/mol. The Morgan fingerprint density at radius 1 is 1.67 bits per heavy atom. The average Bonchev–Trinajstić information content (AvgIpc) is 2.63. The summed E-state index contributed by atoms with van der Waals surface area (Å²) in [5.41, 5.74) is 0.929. The van der Waals surface area contributed by atoms with E-state index < -0.39 is 5.97 Å². The normalized spacial score (nSPS) is 10.5. The molecular formula is C9H8BrN3O2. The molecule has 2 aromatic rings. The van der Waals surface area contributed by atoms with E-state index in [0.717, 1.165) is 4.47 Å². The van der Waals surface area contributed by atoms with E-state index >= 15 is 0 Å². The summed E-state index contributed by atoms with van der Waals surface area (Å²) in [6.45, 7) is 2.09. The number of hydrogen-bond acceptors (Lipinski definition) is 4. The SMILES string of the molecule is CCOC(=O)c1cn2cncc(Br)c2n1. The number of aromatic nitrogens is 3. The zero-order valence-corrected chi connectivity index (χ0v) is 9.56. The molecule has 0 radical (unpaired) electrons. The van der Waals surface area contributed by atoms with E-state index in [1.54, 1.807) is 30.0 Å². The minimum Gasteiger partial charge on any atom is -0.461 e. The second-order valence-corrected chi connectivity index (χ2v) is 3.67. The molecule has 0 aromatic carbocycles. The number of rotatable bonds is 2. The Morgan fingerprint density at radius 3 is 3.13 bits per heavy atom. The number of nitrogens with zero attached hydrogens (tertiary/aromatic N) is 3. The Kier molecular flexibility index (Phi) is 2.68. The van der Waals surface area contributed by atoms with Gasteiger partial charge >= 0.3 is 5.97 Å². The Morgan fingerprint density at radius 2 is 2.47 bits per heavy atom. The highest BCUT2D eigenvalue weighted by Crippen LogP contribution is 2.15. The van der Waals surface area contributed by atoms with E-state index in [0.29, 0.717) is 12.3 Å². The number of carbonyl (C=O) groups excluding carboxylic acids is 1. The van der Waals surface area contributed by atoms with Crippen LogP contribution in [0.15, 0.2) is 23.2 Å². The van der Waals surface area contributed by atoms with Gasteiger partial charge < -0.3 is 4.74 Å². The van der Waals surface area contributed by atoms with Gasteiger partial charge in [-0.1, -0.05) is 0 Å². The maximum atomic E-state index is 11.4. The molecule has 0 bridgehead atoms. The Hall–Kier alpha value is -1.43. The number of carbonyl (C=O) groups is 1. The Labute approximate surface area is 94.2 Å². The number of esters is 1. The molecule has 2 aromatic heterocycles. The van der Waals surface area contributed by atoms with Crippen molar-refractivity contribution in [2.75, 3.05) is 6.61 Å². The molecule has 0 amide bonds. The summed E-state index contributed by atoms with van der Waals surface area (Å²) in [6.07, 6.45) is 4.79. The number of fused-ring (bicyclic) bond motifs is 1. The van der Waals surface area contributed by atoms with Gasteiger partial charge in [-0.25, -0.2) is 14.8 Å². The van der Waals surface area contributed by atoms with Crippen LogP contribution in [0.1, 0.15) is 17.4 Å². The molecule has 0 saturated carbocycles. The molecule has 2 heterocycles. The predicted octanol–water partition coefficient (Wildman–Crippen LogP) is 1.67. The van der Waals surface area contributed by atoms with Crippen molar-refractivity contribution < 1.29 is 9.53 Å². The Balaban J connectivity index is 2.47. The molecule has 0 atom stereocenters. The van der Waals surface area contributed by atoms with Crippen LogP contribution in [-0.4, -0.2) is 26.9 Å². The molecule has 78 valence electrons. The first-order valence-corrected chi connectivity index (χ1v) is 5.17. The van der Waals surface area contributed by atoms with Crippen molar-refractivity contribution >= 4 is 27.5 Å².